The Kier molecular flexibility index (Phi) is 6.03. The molecule has 24 heavy (non-hydrogen) atoms. The van der Waals surface area contributed by atoms with Crippen molar-refractivity contribution in [2.75, 3.05) is 20.8 Å². The molecular formula is C17H23NO4S2. The lowest BCUT2D eigenvalue weighted by Crippen LogP contribution is -2.29. The largest absolute Gasteiger partial charge is 0.495 e. The Balaban J connectivity index is 2.23. The molecule has 0 radical (unpaired) electrons. The number of benzene rings is 1. The normalized spacial score (nSPS) is 13.0. The van der Waals surface area contributed by atoms with Crippen LogP contribution in [0, 0.1) is 20.8 Å². The van der Waals surface area contributed by atoms with Gasteiger partial charge < -0.3 is 9.47 Å². The van der Waals surface area contributed by atoms with Gasteiger partial charge in [-0.1, -0.05) is 0 Å². The van der Waals surface area contributed by atoms with E-state index in [1.807, 2.05) is 32.9 Å². The third kappa shape index (κ3) is 4.16. The van der Waals surface area contributed by atoms with Gasteiger partial charge in [0.25, 0.3) is 0 Å². The second-order valence-electron chi connectivity index (χ2n) is 5.61. The Morgan fingerprint density at radius 1 is 1.12 bits per heavy atom. The minimum Gasteiger partial charge on any atom is -0.495 e. The van der Waals surface area contributed by atoms with Gasteiger partial charge in [-0.2, -0.15) is 0 Å². The fourth-order valence-corrected chi connectivity index (χ4v) is 4.54. The highest BCUT2D eigenvalue weighted by atomic mass is 32.2. The molecule has 1 N–H and O–H groups in total. The van der Waals surface area contributed by atoms with Gasteiger partial charge in [0.1, 0.15) is 16.7 Å². The smallest absolute Gasteiger partial charge is 0.244 e. The first-order valence-electron chi connectivity index (χ1n) is 7.52. The number of aryl methyl sites for hydroxylation is 3. The van der Waals surface area contributed by atoms with Gasteiger partial charge in [-0.25, -0.2) is 13.1 Å². The summed E-state index contributed by atoms with van der Waals surface area (Å²) in [6.45, 7) is 5.96. The third-order valence-corrected chi connectivity index (χ3v) is 6.43. The average molecular weight is 370 g/mol. The van der Waals surface area contributed by atoms with Gasteiger partial charge in [-0.15, -0.1) is 11.3 Å². The van der Waals surface area contributed by atoms with Crippen LogP contribution in [0.25, 0.3) is 0 Å². The monoisotopic (exact) mass is 369 g/mol. The van der Waals surface area contributed by atoms with E-state index in [1.54, 1.807) is 30.6 Å². The molecule has 0 bridgehead atoms. The average Bonchev–Trinajstić information content (AvgIpc) is 2.96. The zero-order chi connectivity index (χ0) is 17.9. The summed E-state index contributed by atoms with van der Waals surface area (Å²) < 4.78 is 38.7. The van der Waals surface area contributed by atoms with E-state index in [1.165, 1.54) is 7.11 Å². The van der Waals surface area contributed by atoms with Crippen LogP contribution in [0.15, 0.2) is 29.2 Å². The molecule has 5 nitrogen and oxygen atoms in total. The van der Waals surface area contributed by atoms with Gasteiger partial charge in [0.15, 0.2) is 0 Å². The topological polar surface area (TPSA) is 64.6 Å². The molecular weight excluding hydrogens is 346 g/mol. The summed E-state index contributed by atoms with van der Waals surface area (Å²) in [5.41, 5.74) is 1.88. The molecule has 0 saturated heterocycles. The second kappa shape index (κ2) is 7.65. The van der Waals surface area contributed by atoms with Crippen molar-refractivity contribution in [3.05, 3.63) is 45.1 Å². The molecule has 0 spiro atoms. The Labute approximate surface area is 147 Å². The third-order valence-electron chi connectivity index (χ3n) is 3.89. The summed E-state index contributed by atoms with van der Waals surface area (Å²) in [6, 6.07) is 7.32. The summed E-state index contributed by atoms with van der Waals surface area (Å²) in [4.78, 5) is 2.29. The predicted octanol–water partition coefficient (Wildman–Crippen LogP) is 3.35. The first kappa shape index (κ1) is 18.9. The van der Waals surface area contributed by atoms with Crippen molar-refractivity contribution in [2.24, 2.45) is 0 Å². The van der Waals surface area contributed by atoms with E-state index < -0.39 is 10.0 Å². The van der Waals surface area contributed by atoms with Crippen LogP contribution in [0.2, 0.25) is 0 Å². The van der Waals surface area contributed by atoms with Crippen molar-refractivity contribution in [1.82, 2.24) is 4.72 Å². The number of hydrogen-bond donors (Lipinski definition) is 1. The van der Waals surface area contributed by atoms with Crippen LogP contribution in [0.4, 0.5) is 0 Å². The fourth-order valence-electron chi connectivity index (χ4n) is 2.32. The van der Waals surface area contributed by atoms with Crippen molar-refractivity contribution in [3.8, 4) is 5.75 Å². The standard InChI is InChI=1S/C17H23NO4S2/c1-11-8-14(21-4)17(9-12(11)2)24(19,20)18-10-15(22-5)16-7-6-13(3)23-16/h6-9,15,18H,10H2,1-5H3. The van der Waals surface area contributed by atoms with Crippen LogP contribution in [0.5, 0.6) is 5.75 Å². The van der Waals surface area contributed by atoms with Crippen molar-refractivity contribution >= 4 is 21.4 Å². The van der Waals surface area contributed by atoms with Gasteiger partial charge in [0.2, 0.25) is 10.0 Å². The van der Waals surface area contributed by atoms with E-state index in [-0.39, 0.29) is 17.5 Å². The molecule has 0 fully saturated rings. The van der Waals surface area contributed by atoms with Gasteiger partial charge in [0.05, 0.1) is 7.11 Å². The van der Waals surface area contributed by atoms with E-state index in [9.17, 15) is 8.42 Å². The summed E-state index contributed by atoms with van der Waals surface area (Å²) in [6.07, 6.45) is -0.323. The van der Waals surface area contributed by atoms with Crippen molar-refractivity contribution in [2.45, 2.75) is 31.8 Å². The Morgan fingerprint density at radius 2 is 1.79 bits per heavy atom. The number of sulfonamides is 1. The highest BCUT2D eigenvalue weighted by molar-refractivity contribution is 7.89. The van der Waals surface area contributed by atoms with Crippen molar-refractivity contribution < 1.29 is 17.9 Å². The molecule has 2 aromatic rings. The van der Waals surface area contributed by atoms with Gasteiger partial charge >= 0.3 is 0 Å². The maximum atomic E-state index is 12.7. The molecule has 7 heteroatoms. The highest BCUT2D eigenvalue weighted by Gasteiger charge is 2.23. The molecule has 1 atom stereocenters. The molecule has 1 unspecified atom stereocenters. The van der Waals surface area contributed by atoms with E-state index in [4.69, 9.17) is 9.47 Å². The second-order valence-corrected chi connectivity index (χ2v) is 8.67. The molecule has 0 aliphatic heterocycles. The first-order valence-corrected chi connectivity index (χ1v) is 9.82. The number of methoxy groups -OCH3 is 2. The van der Waals surface area contributed by atoms with Crippen LogP contribution in [-0.4, -0.2) is 29.2 Å². The van der Waals surface area contributed by atoms with Crippen LogP contribution < -0.4 is 9.46 Å². The van der Waals surface area contributed by atoms with Gasteiger partial charge in [0, 0.05) is 23.4 Å². The minimum absolute atomic E-state index is 0.144. The molecule has 1 aromatic heterocycles. The van der Waals surface area contributed by atoms with E-state index in [0.717, 1.165) is 20.9 Å². The molecule has 132 valence electrons. The van der Waals surface area contributed by atoms with Crippen LogP contribution in [-0.2, 0) is 14.8 Å². The number of nitrogens with one attached hydrogen (secondary N) is 1. The zero-order valence-electron chi connectivity index (χ0n) is 14.5. The lowest BCUT2D eigenvalue weighted by molar-refractivity contribution is 0.110. The van der Waals surface area contributed by atoms with E-state index >= 15 is 0 Å². The highest BCUT2D eigenvalue weighted by Crippen LogP contribution is 2.28. The lowest BCUT2D eigenvalue weighted by Gasteiger charge is -2.17. The molecule has 0 amide bonds. The zero-order valence-corrected chi connectivity index (χ0v) is 16.2. The number of thiophene rings is 1. The number of rotatable bonds is 7. The van der Waals surface area contributed by atoms with Gasteiger partial charge in [-0.3, -0.25) is 0 Å². The van der Waals surface area contributed by atoms with Crippen LogP contribution in [0.1, 0.15) is 27.0 Å². The Hall–Kier alpha value is -1.41. The Morgan fingerprint density at radius 3 is 2.33 bits per heavy atom. The Bertz CT molecular complexity index is 812. The SMILES string of the molecule is COc1cc(C)c(C)cc1S(=O)(=O)NCC(OC)c1ccc(C)s1. The summed E-state index contributed by atoms with van der Waals surface area (Å²) in [7, 11) is -0.657. The quantitative estimate of drug-likeness (QED) is 0.813. The number of hydrogen-bond acceptors (Lipinski definition) is 5. The summed E-state index contributed by atoms with van der Waals surface area (Å²) in [5, 5.41) is 0. The molecule has 0 saturated carbocycles. The van der Waals surface area contributed by atoms with E-state index in [0.29, 0.717) is 5.75 Å². The molecule has 1 aromatic carbocycles. The van der Waals surface area contributed by atoms with Crippen molar-refractivity contribution in [1.29, 1.82) is 0 Å². The van der Waals surface area contributed by atoms with E-state index in [2.05, 4.69) is 4.72 Å². The van der Waals surface area contributed by atoms with Crippen molar-refractivity contribution in [3.63, 3.8) is 0 Å². The maximum absolute atomic E-state index is 12.7. The fraction of sp³-hybridized carbons (Fsp3) is 0.412. The minimum atomic E-state index is -3.70. The molecule has 2 rings (SSSR count). The van der Waals surface area contributed by atoms with Crippen LogP contribution in [0.3, 0.4) is 0 Å². The summed E-state index contributed by atoms with van der Waals surface area (Å²) in [5.74, 6) is 0.339. The predicted molar refractivity (Wildman–Crippen MR) is 96.5 cm³/mol. The number of ether oxygens (including phenoxy) is 2. The van der Waals surface area contributed by atoms with Gasteiger partial charge in [-0.05, 0) is 56.2 Å². The lowest BCUT2D eigenvalue weighted by atomic mass is 10.1. The molecule has 0 aliphatic rings. The van der Waals surface area contributed by atoms with Crippen LogP contribution >= 0.6 is 11.3 Å². The maximum Gasteiger partial charge on any atom is 0.244 e. The molecule has 0 aliphatic carbocycles. The molecule has 1 heterocycles. The summed E-state index contributed by atoms with van der Waals surface area (Å²) >= 11 is 1.59. The first-order chi connectivity index (χ1) is 11.3.